The maximum absolute atomic E-state index is 13.6. The Kier molecular flexibility index (Phi) is 9.60. The Morgan fingerprint density at radius 3 is 2.19 bits per heavy atom. The first kappa shape index (κ1) is 28.8. The molecule has 37 heavy (non-hydrogen) atoms. The van der Waals surface area contributed by atoms with E-state index in [-0.39, 0.29) is 31.7 Å². The molecule has 4 rings (SSSR count). The summed E-state index contributed by atoms with van der Waals surface area (Å²) in [5.41, 5.74) is 2.74. The number of fused-ring (bicyclic) bond motifs is 1. The molecule has 2 heterocycles. The van der Waals surface area contributed by atoms with E-state index in [1.807, 2.05) is 68.4 Å². The molecule has 0 amide bonds. The number of halogens is 3. The average molecular weight is 593 g/mol. The van der Waals surface area contributed by atoms with Gasteiger partial charge in [0.05, 0.1) is 26.4 Å². The van der Waals surface area contributed by atoms with Crippen LogP contribution in [-0.4, -0.2) is 34.8 Å². The zero-order valence-electron chi connectivity index (χ0n) is 20.4. The Balaban J connectivity index is 1.50. The lowest BCUT2D eigenvalue weighted by Gasteiger charge is -2.44. The van der Waals surface area contributed by atoms with Gasteiger partial charge >= 0.3 is 7.82 Å². The summed E-state index contributed by atoms with van der Waals surface area (Å²) in [6.07, 6.45) is -2.41. The highest BCUT2D eigenvalue weighted by Crippen LogP contribution is 2.56. The number of phosphoric ester groups is 1. The van der Waals surface area contributed by atoms with Gasteiger partial charge < -0.3 is 14.2 Å². The van der Waals surface area contributed by atoms with Crippen LogP contribution in [0.25, 0.3) is 0 Å². The van der Waals surface area contributed by atoms with Crippen molar-refractivity contribution in [2.24, 2.45) is 11.8 Å². The number of hydrogen-bond donors (Lipinski definition) is 1. The van der Waals surface area contributed by atoms with Crippen LogP contribution in [0.3, 0.4) is 0 Å². The first-order valence-corrected chi connectivity index (χ1v) is 14.4. The molecule has 0 saturated carbocycles. The van der Waals surface area contributed by atoms with Gasteiger partial charge in [-0.1, -0.05) is 103 Å². The Morgan fingerprint density at radius 1 is 1.00 bits per heavy atom. The van der Waals surface area contributed by atoms with Crippen molar-refractivity contribution < 1.29 is 32.3 Å². The zero-order valence-corrected chi connectivity index (χ0v) is 23.5. The molecule has 0 aliphatic carbocycles. The third-order valence-corrected chi connectivity index (χ3v) is 8.37. The van der Waals surface area contributed by atoms with Crippen LogP contribution in [0.1, 0.15) is 30.5 Å². The summed E-state index contributed by atoms with van der Waals surface area (Å²) in [7, 11) is -3.96. The van der Waals surface area contributed by atoms with E-state index in [1.54, 1.807) is 0 Å². The van der Waals surface area contributed by atoms with E-state index in [0.29, 0.717) is 6.61 Å². The topological polar surface area (TPSA) is 96.3 Å². The summed E-state index contributed by atoms with van der Waals surface area (Å²) < 4.78 is 46.6. The van der Waals surface area contributed by atoms with Gasteiger partial charge in [0, 0.05) is 5.92 Å². The number of hydrogen-bond acceptors (Lipinski definition) is 8. The fraction of sp³-hybridized carbons (Fsp3) is 0.480. The van der Waals surface area contributed by atoms with E-state index in [2.05, 4.69) is 0 Å². The van der Waals surface area contributed by atoms with Crippen LogP contribution in [0, 0.1) is 17.2 Å². The van der Waals surface area contributed by atoms with Gasteiger partial charge in [-0.25, -0.2) is 4.57 Å². The van der Waals surface area contributed by atoms with Crippen LogP contribution in [0.5, 0.6) is 0 Å². The summed E-state index contributed by atoms with van der Waals surface area (Å²) in [5, 5.41) is 7.98. The fourth-order valence-electron chi connectivity index (χ4n) is 4.13. The quantitative estimate of drug-likeness (QED) is 0.163. The Labute approximate surface area is 231 Å². The molecule has 12 heteroatoms. The predicted octanol–water partition coefficient (Wildman–Crippen LogP) is 6.80. The van der Waals surface area contributed by atoms with Gasteiger partial charge in [-0.3, -0.25) is 19.0 Å². The average Bonchev–Trinajstić information content (AvgIpc) is 3.04. The van der Waals surface area contributed by atoms with E-state index in [0.717, 1.165) is 16.7 Å². The van der Waals surface area contributed by atoms with Crippen LogP contribution < -0.4 is 0 Å². The minimum absolute atomic E-state index is 0.0812. The summed E-state index contributed by atoms with van der Waals surface area (Å²) in [5.74, 6) is -1.18. The van der Waals surface area contributed by atoms with Crippen LogP contribution in [0.4, 0.5) is 0 Å². The SMILES string of the molecule is CC1C(OC(=N)C(Cl)(Cl)Cl)OC(COCc2ccccc2)[C@@H](OP2(=O)OCc3ccccc3CO2)[C@@H]1C. The van der Waals surface area contributed by atoms with Crippen LogP contribution >= 0.6 is 42.6 Å². The number of rotatable bonds is 7. The van der Waals surface area contributed by atoms with Gasteiger partial charge in [-0.05, 0) is 22.6 Å². The molecule has 0 spiro atoms. The highest BCUT2D eigenvalue weighted by atomic mass is 35.6. The van der Waals surface area contributed by atoms with Crippen LogP contribution in [0.2, 0.25) is 0 Å². The summed E-state index contributed by atoms with van der Waals surface area (Å²) in [6, 6.07) is 17.2. The molecule has 2 aromatic rings. The van der Waals surface area contributed by atoms with Gasteiger partial charge in [-0.15, -0.1) is 0 Å². The van der Waals surface area contributed by atoms with E-state index < -0.39 is 36.0 Å². The first-order valence-electron chi connectivity index (χ1n) is 11.8. The van der Waals surface area contributed by atoms with E-state index >= 15 is 0 Å². The molecule has 2 aliphatic heterocycles. The molecule has 0 radical (unpaired) electrons. The number of nitrogens with one attached hydrogen (secondary N) is 1. The van der Waals surface area contributed by atoms with Crippen LogP contribution in [0.15, 0.2) is 54.6 Å². The molecule has 0 bridgehead atoms. The molecule has 2 aliphatic rings. The lowest BCUT2D eigenvalue weighted by atomic mass is 9.85. The molecule has 1 saturated heterocycles. The predicted molar refractivity (Wildman–Crippen MR) is 141 cm³/mol. The maximum Gasteiger partial charge on any atom is 0.475 e. The van der Waals surface area contributed by atoms with Crippen molar-refractivity contribution in [1.29, 1.82) is 5.41 Å². The Morgan fingerprint density at radius 2 is 1.59 bits per heavy atom. The van der Waals surface area contributed by atoms with Gasteiger partial charge in [0.2, 0.25) is 12.2 Å². The highest BCUT2D eigenvalue weighted by Gasteiger charge is 2.48. The van der Waals surface area contributed by atoms with Crippen molar-refractivity contribution in [2.75, 3.05) is 6.61 Å². The second-order valence-electron chi connectivity index (χ2n) is 9.04. The van der Waals surface area contributed by atoms with Crippen molar-refractivity contribution in [2.45, 2.75) is 56.0 Å². The van der Waals surface area contributed by atoms with E-state index in [9.17, 15) is 4.57 Å². The highest BCUT2D eigenvalue weighted by molar-refractivity contribution is 7.48. The molecule has 2 aromatic carbocycles. The van der Waals surface area contributed by atoms with Gasteiger partial charge in [0.25, 0.3) is 3.79 Å². The molecular weight excluding hydrogens is 564 g/mol. The second-order valence-corrected chi connectivity index (χ2v) is 12.9. The summed E-state index contributed by atoms with van der Waals surface area (Å²) >= 11 is 17.4. The molecule has 202 valence electrons. The van der Waals surface area contributed by atoms with E-state index in [4.69, 9.17) is 68.0 Å². The van der Waals surface area contributed by atoms with Crippen molar-refractivity contribution in [3.8, 4) is 0 Å². The molecule has 5 atom stereocenters. The van der Waals surface area contributed by atoms with Crippen molar-refractivity contribution in [3.63, 3.8) is 0 Å². The molecule has 0 aromatic heterocycles. The smallest absolute Gasteiger partial charge is 0.448 e. The lowest BCUT2D eigenvalue weighted by Crippen LogP contribution is -2.53. The van der Waals surface area contributed by atoms with Gasteiger partial charge in [-0.2, -0.15) is 0 Å². The zero-order chi connectivity index (χ0) is 26.6. The van der Waals surface area contributed by atoms with E-state index in [1.165, 1.54) is 0 Å². The van der Waals surface area contributed by atoms with Gasteiger partial charge in [0.1, 0.15) is 12.2 Å². The minimum atomic E-state index is -3.96. The lowest BCUT2D eigenvalue weighted by molar-refractivity contribution is -0.246. The molecular formula is C25H29Cl3NO7P. The van der Waals surface area contributed by atoms with Crippen molar-refractivity contribution >= 4 is 48.5 Å². The second kappa shape index (κ2) is 12.3. The third kappa shape index (κ3) is 7.47. The number of benzene rings is 2. The minimum Gasteiger partial charge on any atom is -0.448 e. The summed E-state index contributed by atoms with van der Waals surface area (Å²) in [4.78, 5) is 0. The molecule has 3 unspecified atom stereocenters. The van der Waals surface area contributed by atoms with Crippen LogP contribution in [-0.2, 0) is 52.2 Å². The summed E-state index contributed by atoms with van der Waals surface area (Å²) in [6.45, 7) is 4.33. The Bertz CT molecular complexity index is 1090. The first-order chi connectivity index (χ1) is 17.6. The van der Waals surface area contributed by atoms with Gasteiger partial charge in [0.15, 0.2) is 0 Å². The Hall–Kier alpha value is -1.19. The molecule has 1 fully saturated rings. The number of alkyl halides is 3. The fourth-order valence-corrected chi connectivity index (χ4v) is 5.68. The molecule has 8 nitrogen and oxygen atoms in total. The number of phosphoric acid groups is 1. The maximum atomic E-state index is 13.6. The number of ether oxygens (including phenoxy) is 3. The monoisotopic (exact) mass is 591 g/mol. The third-order valence-electron chi connectivity index (χ3n) is 6.46. The van der Waals surface area contributed by atoms with Crippen molar-refractivity contribution in [1.82, 2.24) is 0 Å². The van der Waals surface area contributed by atoms with Crippen molar-refractivity contribution in [3.05, 3.63) is 71.3 Å². The largest absolute Gasteiger partial charge is 0.475 e. The normalized spacial score (nSPS) is 27.6. The standard InChI is InChI=1S/C25H29Cl3NO7P/c1-16-17(2)23(35-24(29)25(26,27)28)34-21(15-31-12-18-8-4-3-5-9-18)22(16)36-37(30)32-13-19-10-6-7-11-20(19)14-33-37/h3-11,16-17,21-23,29H,12-15H2,1-2H3/t16-,17?,21?,22+,23?/m1/s1. The molecule has 1 N–H and O–H groups in total.